The summed E-state index contributed by atoms with van der Waals surface area (Å²) in [6, 6.07) is 0. The number of likely N-dealkylation sites (N-methyl/N-ethyl adjacent to an activating group) is 1. The Morgan fingerprint density at radius 2 is 1.67 bits per heavy atom. The molecule has 0 aromatic carbocycles. The molecule has 0 saturated heterocycles. The number of nitrogens with zero attached hydrogens (tertiary/aromatic N) is 1. The number of nitrogens with two attached hydrogens (primary N) is 1. The lowest BCUT2D eigenvalue weighted by atomic mass is 10.4. The van der Waals surface area contributed by atoms with Crippen LogP contribution in [-0.4, -0.2) is 31.1 Å². The van der Waals surface area contributed by atoms with Gasteiger partial charge in [0.15, 0.2) is 0 Å². The summed E-state index contributed by atoms with van der Waals surface area (Å²) in [6.45, 7) is 12.5. The molecule has 2 heteroatoms. The molecule has 0 fully saturated rings. The van der Waals surface area contributed by atoms with Crippen molar-refractivity contribution >= 4 is 0 Å². The van der Waals surface area contributed by atoms with E-state index < -0.39 is 0 Å². The topological polar surface area (TPSA) is 29.3 Å². The van der Waals surface area contributed by atoms with Crippen molar-refractivity contribution in [2.24, 2.45) is 5.73 Å². The van der Waals surface area contributed by atoms with Gasteiger partial charge in [0.05, 0.1) is 0 Å². The van der Waals surface area contributed by atoms with Crippen LogP contribution in [0.5, 0.6) is 0 Å². The summed E-state index contributed by atoms with van der Waals surface area (Å²) in [6.07, 6.45) is 1.23. The first-order chi connectivity index (χ1) is 5.35. The van der Waals surface area contributed by atoms with Gasteiger partial charge in [0.25, 0.3) is 0 Å². The fourth-order valence-electron chi connectivity index (χ4n) is 0.927. The summed E-state index contributed by atoms with van der Waals surface area (Å²) in [4.78, 5) is 2.36. The van der Waals surface area contributed by atoms with Gasteiger partial charge in [-0.15, -0.1) is 0 Å². The second-order valence-electron chi connectivity index (χ2n) is 2.22. The molecule has 0 bridgehead atoms. The molecule has 0 heterocycles. The minimum absolute atomic E-state index is 0. The molecule has 0 radical (unpaired) electrons. The van der Waals surface area contributed by atoms with Crippen molar-refractivity contribution in [1.82, 2.24) is 4.90 Å². The normalized spacial score (nSPS) is 8.50. The Bertz CT molecular complexity index is 54.9. The lowest BCUT2D eigenvalue weighted by Gasteiger charge is -2.17. The summed E-state index contributed by atoms with van der Waals surface area (Å²) in [5.74, 6) is 0. The lowest BCUT2D eigenvalue weighted by Crippen LogP contribution is -2.29. The van der Waals surface area contributed by atoms with Gasteiger partial charge in [-0.2, -0.15) is 0 Å². The Balaban J connectivity index is -0.0000000941. The van der Waals surface area contributed by atoms with Crippen molar-refractivity contribution < 1.29 is 1.43 Å². The minimum Gasteiger partial charge on any atom is -0.329 e. The molecule has 0 atom stereocenters. The van der Waals surface area contributed by atoms with Crippen LogP contribution in [0.25, 0.3) is 0 Å². The van der Waals surface area contributed by atoms with Gasteiger partial charge in [0, 0.05) is 14.5 Å². The van der Waals surface area contributed by atoms with Crippen LogP contribution in [0.2, 0.25) is 0 Å². The van der Waals surface area contributed by atoms with E-state index in [0.29, 0.717) is 0 Å². The maximum atomic E-state index is 5.39. The molecule has 0 aliphatic heterocycles. The van der Waals surface area contributed by atoms with Crippen LogP contribution < -0.4 is 5.73 Å². The predicted molar refractivity (Wildman–Crippen MR) is 61.7 cm³/mol. The maximum absolute atomic E-state index is 5.39. The fourth-order valence-corrected chi connectivity index (χ4v) is 0.927. The lowest BCUT2D eigenvalue weighted by molar-refractivity contribution is 0.297. The second kappa shape index (κ2) is 17.1. The molecule has 80 valence electrons. The molecule has 0 aromatic heterocycles. The first kappa shape index (κ1) is 17.9. The maximum Gasteiger partial charge on any atom is 0.0104 e. The van der Waals surface area contributed by atoms with E-state index in [1.807, 2.05) is 13.8 Å². The van der Waals surface area contributed by atoms with Crippen LogP contribution >= 0.6 is 0 Å². The molecule has 0 spiro atoms. The van der Waals surface area contributed by atoms with Gasteiger partial charge in [0.1, 0.15) is 0 Å². The largest absolute Gasteiger partial charge is 0.329 e. The first-order valence-corrected chi connectivity index (χ1v) is 4.77. The highest BCUT2D eigenvalue weighted by atomic mass is 15.1. The Kier molecular flexibility index (Phi) is 25.5. The van der Waals surface area contributed by atoms with Crippen LogP contribution in [-0.2, 0) is 0 Å². The highest BCUT2D eigenvalue weighted by molar-refractivity contribution is 4.52. The van der Waals surface area contributed by atoms with Gasteiger partial charge in [-0.05, 0) is 19.5 Å². The molecule has 0 rings (SSSR count). The zero-order valence-corrected chi connectivity index (χ0v) is 8.56. The molecular formula is C10H30N2. The average molecular weight is 178 g/mol. The van der Waals surface area contributed by atoms with Crippen molar-refractivity contribution in [2.45, 2.75) is 41.5 Å². The van der Waals surface area contributed by atoms with Crippen LogP contribution in [0.15, 0.2) is 0 Å². The van der Waals surface area contributed by atoms with E-state index in [-0.39, 0.29) is 8.85 Å². The molecule has 0 aliphatic rings. The van der Waals surface area contributed by atoms with Gasteiger partial charge < -0.3 is 10.6 Å². The van der Waals surface area contributed by atoms with E-state index in [9.17, 15) is 0 Å². The van der Waals surface area contributed by atoms with E-state index in [0.717, 1.165) is 19.6 Å². The highest BCUT2D eigenvalue weighted by Crippen LogP contribution is 1.87. The summed E-state index contributed by atoms with van der Waals surface area (Å²) in [5, 5.41) is 0. The zero-order chi connectivity index (χ0) is 9.11. The van der Waals surface area contributed by atoms with Gasteiger partial charge in [-0.1, -0.05) is 35.1 Å². The van der Waals surface area contributed by atoms with E-state index in [2.05, 4.69) is 18.7 Å². The smallest absolute Gasteiger partial charge is 0.0104 e. The van der Waals surface area contributed by atoms with Crippen molar-refractivity contribution in [3.8, 4) is 0 Å². The quantitative estimate of drug-likeness (QED) is 0.701. The molecule has 0 unspecified atom stereocenters. The molecule has 0 saturated carbocycles. The third-order valence-corrected chi connectivity index (χ3v) is 1.43. The molecule has 2 N–H and O–H groups in total. The highest BCUT2D eigenvalue weighted by Gasteiger charge is 1.95. The average Bonchev–Trinajstić information content (AvgIpc) is 2.08. The van der Waals surface area contributed by atoms with Gasteiger partial charge in [-0.3, -0.25) is 0 Å². The Labute approximate surface area is 80.6 Å². The van der Waals surface area contributed by atoms with Crippen molar-refractivity contribution in [3.63, 3.8) is 0 Å². The number of hydrogen-bond acceptors (Lipinski definition) is 2. The molecule has 0 aliphatic carbocycles. The van der Waals surface area contributed by atoms with Gasteiger partial charge >= 0.3 is 0 Å². The van der Waals surface area contributed by atoms with Crippen LogP contribution in [0.3, 0.4) is 0 Å². The van der Waals surface area contributed by atoms with Crippen molar-refractivity contribution in [3.05, 3.63) is 0 Å². The summed E-state index contributed by atoms with van der Waals surface area (Å²) >= 11 is 0. The zero-order valence-electron chi connectivity index (χ0n) is 8.56. The van der Waals surface area contributed by atoms with E-state index in [1.165, 1.54) is 13.0 Å². The molecule has 2 nitrogen and oxygen atoms in total. The molecule has 0 amide bonds. The molecular weight excluding hydrogens is 148 g/mol. The molecule has 12 heavy (non-hydrogen) atoms. The Morgan fingerprint density at radius 3 is 1.92 bits per heavy atom. The van der Waals surface area contributed by atoms with Crippen molar-refractivity contribution in [1.29, 1.82) is 0 Å². The predicted octanol–water partition coefficient (Wildman–Crippen LogP) is 2.59. The van der Waals surface area contributed by atoms with Crippen LogP contribution in [0.4, 0.5) is 0 Å². The summed E-state index contributed by atoms with van der Waals surface area (Å²) in [7, 11) is 0. The van der Waals surface area contributed by atoms with Crippen molar-refractivity contribution in [2.75, 3.05) is 26.2 Å². The van der Waals surface area contributed by atoms with Crippen LogP contribution in [0, 0.1) is 0 Å². The second-order valence-corrected chi connectivity index (χ2v) is 2.22. The van der Waals surface area contributed by atoms with E-state index >= 15 is 0 Å². The Hall–Kier alpha value is -0.0800. The molecule has 0 aromatic rings. The summed E-state index contributed by atoms with van der Waals surface area (Å²) in [5.41, 5.74) is 5.39. The van der Waals surface area contributed by atoms with E-state index in [1.54, 1.807) is 0 Å². The first-order valence-electron chi connectivity index (χ1n) is 4.77. The van der Waals surface area contributed by atoms with Crippen LogP contribution in [0.1, 0.15) is 43.0 Å². The number of hydrogen-bond donors (Lipinski definition) is 1. The monoisotopic (exact) mass is 178 g/mol. The third-order valence-electron chi connectivity index (χ3n) is 1.43. The SMILES string of the molecule is C.CC.CCCN(CC)CCN.[HH]. The minimum atomic E-state index is 0. The van der Waals surface area contributed by atoms with Gasteiger partial charge in [0.2, 0.25) is 0 Å². The number of rotatable bonds is 5. The Morgan fingerprint density at radius 1 is 1.17 bits per heavy atom. The standard InChI is InChI=1S/C7H18N2.C2H6.CH4.H2/c1-3-6-9(4-2)7-5-8;1-2;;/h3-8H2,1-2H3;1-2H3;1H4;1H. The third kappa shape index (κ3) is 12.6. The van der Waals surface area contributed by atoms with Gasteiger partial charge in [-0.25, -0.2) is 0 Å². The van der Waals surface area contributed by atoms with E-state index in [4.69, 9.17) is 5.73 Å². The summed E-state index contributed by atoms with van der Waals surface area (Å²) < 4.78 is 0. The fraction of sp³-hybridized carbons (Fsp3) is 1.00.